The Balaban J connectivity index is 1.80. The normalized spacial score (nSPS) is 15.7. The molecule has 3 heteroatoms. The molecular formula is C17H23N3. The molecule has 1 aliphatic carbocycles. The van der Waals surface area contributed by atoms with Crippen LogP contribution in [0.5, 0.6) is 0 Å². The van der Waals surface area contributed by atoms with Crippen LogP contribution in [0.2, 0.25) is 0 Å². The molecular weight excluding hydrogens is 246 g/mol. The molecule has 0 saturated heterocycles. The number of nitrogens with one attached hydrogen (secondary N) is 1. The first-order valence-corrected chi connectivity index (χ1v) is 7.57. The maximum Gasteiger partial charge on any atom is 0.203 e. The zero-order valence-corrected chi connectivity index (χ0v) is 12.4. The van der Waals surface area contributed by atoms with Crippen molar-refractivity contribution < 1.29 is 0 Å². The summed E-state index contributed by atoms with van der Waals surface area (Å²) in [7, 11) is 0. The molecule has 1 fully saturated rings. The van der Waals surface area contributed by atoms with Crippen molar-refractivity contribution in [3.63, 3.8) is 0 Å². The maximum atomic E-state index is 4.65. The highest BCUT2D eigenvalue weighted by atomic mass is 15.2. The molecule has 0 spiro atoms. The van der Waals surface area contributed by atoms with Crippen molar-refractivity contribution in [2.45, 2.75) is 52.1 Å². The summed E-state index contributed by atoms with van der Waals surface area (Å²) >= 11 is 0. The lowest BCUT2D eigenvalue weighted by Crippen LogP contribution is -2.18. The molecule has 106 valence electrons. The van der Waals surface area contributed by atoms with Gasteiger partial charge in [0.15, 0.2) is 0 Å². The molecule has 0 aliphatic heterocycles. The largest absolute Gasteiger partial charge is 0.353 e. The van der Waals surface area contributed by atoms with Crippen molar-refractivity contribution in [2.24, 2.45) is 0 Å². The van der Waals surface area contributed by atoms with Gasteiger partial charge in [0, 0.05) is 12.2 Å². The third kappa shape index (κ3) is 2.87. The molecule has 1 saturated carbocycles. The SMILES string of the molecule is Cc1cn(Cc2ccccc2C)c(NC2CCCC2)n1. The fourth-order valence-electron chi connectivity index (χ4n) is 3.01. The lowest BCUT2D eigenvalue weighted by Gasteiger charge is -2.15. The molecule has 0 bridgehead atoms. The zero-order chi connectivity index (χ0) is 13.9. The van der Waals surface area contributed by atoms with Crippen molar-refractivity contribution in [2.75, 3.05) is 5.32 Å². The summed E-state index contributed by atoms with van der Waals surface area (Å²) < 4.78 is 2.25. The third-order valence-corrected chi connectivity index (χ3v) is 4.19. The van der Waals surface area contributed by atoms with Gasteiger partial charge in [-0.25, -0.2) is 4.98 Å². The van der Waals surface area contributed by atoms with Gasteiger partial charge in [-0.05, 0) is 37.8 Å². The molecule has 1 aromatic carbocycles. The first kappa shape index (κ1) is 13.2. The summed E-state index contributed by atoms with van der Waals surface area (Å²) in [4.78, 5) is 4.65. The minimum atomic E-state index is 0.604. The van der Waals surface area contributed by atoms with Gasteiger partial charge >= 0.3 is 0 Å². The van der Waals surface area contributed by atoms with Gasteiger partial charge in [-0.15, -0.1) is 0 Å². The van der Waals surface area contributed by atoms with E-state index in [1.165, 1.54) is 36.8 Å². The summed E-state index contributed by atoms with van der Waals surface area (Å²) in [5.74, 6) is 1.03. The second-order valence-electron chi connectivity index (χ2n) is 5.89. The smallest absolute Gasteiger partial charge is 0.203 e. The minimum Gasteiger partial charge on any atom is -0.353 e. The molecule has 1 aromatic heterocycles. The lowest BCUT2D eigenvalue weighted by molar-refractivity contribution is 0.715. The van der Waals surface area contributed by atoms with Gasteiger partial charge in [0.25, 0.3) is 0 Å². The summed E-state index contributed by atoms with van der Waals surface area (Å²) in [5.41, 5.74) is 3.78. The molecule has 1 aliphatic rings. The first-order chi connectivity index (χ1) is 9.72. The predicted molar refractivity (Wildman–Crippen MR) is 83.1 cm³/mol. The van der Waals surface area contributed by atoms with Gasteiger partial charge in [0.05, 0.1) is 12.2 Å². The number of hydrogen-bond acceptors (Lipinski definition) is 2. The third-order valence-electron chi connectivity index (χ3n) is 4.19. The Morgan fingerprint density at radius 1 is 1.20 bits per heavy atom. The van der Waals surface area contributed by atoms with Crippen LogP contribution in [0.15, 0.2) is 30.5 Å². The Kier molecular flexibility index (Phi) is 3.77. The average Bonchev–Trinajstić information content (AvgIpc) is 3.03. The summed E-state index contributed by atoms with van der Waals surface area (Å²) in [6.07, 6.45) is 7.38. The van der Waals surface area contributed by atoms with Crippen LogP contribution in [-0.2, 0) is 6.54 Å². The predicted octanol–water partition coefficient (Wildman–Crippen LogP) is 3.90. The maximum absolute atomic E-state index is 4.65. The van der Waals surface area contributed by atoms with Gasteiger partial charge in [0.2, 0.25) is 5.95 Å². The van der Waals surface area contributed by atoms with Crippen molar-refractivity contribution in [1.29, 1.82) is 0 Å². The van der Waals surface area contributed by atoms with Crippen LogP contribution < -0.4 is 5.32 Å². The fourth-order valence-corrected chi connectivity index (χ4v) is 3.01. The number of anilines is 1. The average molecular weight is 269 g/mol. The van der Waals surface area contributed by atoms with E-state index < -0.39 is 0 Å². The lowest BCUT2D eigenvalue weighted by atomic mass is 10.1. The monoisotopic (exact) mass is 269 g/mol. The van der Waals surface area contributed by atoms with E-state index in [-0.39, 0.29) is 0 Å². The molecule has 1 N–H and O–H groups in total. The fraction of sp³-hybridized carbons (Fsp3) is 0.471. The molecule has 0 unspecified atom stereocenters. The molecule has 0 amide bonds. The molecule has 0 radical (unpaired) electrons. The summed E-state index contributed by atoms with van der Waals surface area (Å²) in [6.45, 7) is 5.12. The molecule has 2 aromatic rings. The van der Waals surface area contributed by atoms with Crippen molar-refractivity contribution in [1.82, 2.24) is 9.55 Å². The van der Waals surface area contributed by atoms with E-state index >= 15 is 0 Å². The minimum absolute atomic E-state index is 0.604. The molecule has 3 nitrogen and oxygen atoms in total. The number of aromatic nitrogens is 2. The number of benzene rings is 1. The molecule has 1 heterocycles. The highest BCUT2D eigenvalue weighted by Gasteiger charge is 2.17. The number of hydrogen-bond donors (Lipinski definition) is 1. The molecule has 3 rings (SSSR count). The van der Waals surface area contributed by atoms with E-state index in [1.807, 2.05) is 0 Å². The van der Waals surface area contributed by atoms with Crippen LogP contribution >= 0.6 is 0 Å². The van der Waals surface area contributed by atoms with Crippen LogP contribution in [0.4, 0.5) is 5.95 Å². The van der Waals surface area contributed by atoms with E-state index in [1.54, 1.807) is 0 Å². The van der Waals surface area contributed by atoms with E-state index in [4.69, 9.17) is 0 Å². The van der Waals surface area contributed by atoms with Gasteiger partial charge in [-0.2, -0.15) is 0 Å². The molecule has 0 atom stereocenters. The standard InChI is InChI=1S/C17H23N3/c1-13-7-3-4-8-15(13)12-20-11-14(2)18-17(20)19-16-9-5-6-10-16/h3-4,7-8,11,16H,5-6,9-10,12H2,1-2H3,(H,18,19). The van der Waals surface area contributed by atoms with Crippen molar-refractivity contribution >= 4 is 5.95 Å². The van der Waals surface area contributed by atoms with Gasteiger partial charge in [0.1, 0.15) is 0 Å². The first-order valence-electron chi connectivity index (χ1n) is 7.57. The second-order valence-corrected chi connectivity index (χ2v) is 5.89. The highest BCUT2D eigenvalue weighted by Crippen LogP contribution is 2.23. The topological polar surface area (TPSA) is 29.9 Å². The van der Waals surface area contributed by atoms with Crippen molar-refractivity contribution in [3.05, 3.63) is 47.3 Å². The molecule has 20 heavy (non-hydrogen) atoms. The Bertz CT molecular complexity index is 580. The number of aryl methyl sites for hydroxylation is 2. The van der Waals surface area contributed by atoms with Gasteiger partial charge < -0.3 is 9.88 Å². The van der Waals surface area contributed by atoms with E-state index in [0.29, 0.717) is 6.04 Å². The van der Waals surface area contributed by atoms with Crippen LogP contribution in [0.3, 0.4) is 0 Å². The van der Waals surface area contributed by atoms with Crippen LogP contribution in [0.1, 0.15) is 42.5 Å². The number of imidazole rings is 1. The number of nitrogens with zero attached hydrogens (tertiary/aromatic N) is 2. The van der Waals surface area contributed by atoms with Crippen LogP contribution in [0.25, 0.3) is 0 Å². The van der Waals surface area contributed by atoms with E-state index in [2.05, 4.69) is 59.2 Å². The Labute approximate surface area is 121 Å². The number of rotatable bonds is 4. The Morgan fingerprint density at radius 3 is 2.70 bits per heavy atom. The van der Waals surface area contributed by atoms with Crippen LogP contribution in [-0.4, -0.2) is 15.6 Å². The van der Waals surface area contributed by atoms with Gasteiger partial charge in [-0.1, -0.05) is 37.1 Å². The van der Waals surface area contributed by atoms with E-state index in [0.717, 1.165) is 18.2 Å². The van der Waals surface area contributed by atoms with E-state index in [9.17, 15) is 0 Å². The summed E-state index contributed by atoms with van der Waals surface area (Å²) in [6, 6.07) is 9.17. The van der Waals surface area contributed by atoms with Crippen molar-refractivity contribution in [3.8, 4) is 0 Å². The quantitative estimate of drug-likeness (QED) is 0.912. The second kappa shape index (κ2) is 5.70. The Hall–Kier alpha value is -1.77. The summed E-state index contributed by atoms with van der Waals surface area (Å²) in [5, 5.41) is 3.62. The Morgan fingerprint density at radius 2 is 1.95 bits per heavy atom. The zero-order valence-electron chi connectivity index (χ0n) is 12.4. The van der Waals surface area contributed by atoms with Crippen LogP contribution in [0, 0.1) is 13.8 Å². The van der Waals surface area contributed by atoms with Gasteiger partial charge in [-0.3, -0.25) is 0 Å². The highest BCUT2D eigenvalue weighted by molar-refractivity contribution is 5.34.